The van der Waals surface area contributed by atoms with Crippen LogP contribution in [0.15, 0.2) is 35.5 Å². The first-order valence-electron chi connectivity index (χ1n) is 4.72. The Morgan fingerprint density at radius 2 is 1.67 bits per heavy atom. The van der Waals surface area contributed by atoms with E-state index in [2.05, 4.69) is 52.0 Å². The molecular formula is C12H20. The molecule has 0 aromatic carbocycles. The van der Waals surface area contributed by atoms with Crippen LogP contribution in [0.25, 0.3) is 0 Å². The van der Waals surface area contributed by atoms with Crippen LogP contribution in [0.2, 0.25) is 0 Å². The van der Waals surface area contributed by atoms with Crippen LogP contribution in [0.5, 0.6) is 0 Å². The van der Waals surface area contributed by atoms with Gasteiger partial charge in [0.1, 0.15) is 0 Å². The van der Waals surface area contributed by atoms with Gasteiger partial charge < -0.3 is 0 Å². The second kappa shape index (κ2) is 6.90. The van der Waals surface area contributed by atoms with Gasteiger partial charge in [-0.2, -0.15) is 0 Å². The molecule has 0 saturated heterocycles. The average molecular weight is 164 g/mol. The molecule has 0 aliphatic heterocycles. The molecule has 0 saturated carbocycles. The molecule has 0 heteroatoms. The molecule has 68 valence electrons. The third-order valence-corrected chi connectivity index (χ3v) is 1.60. The summed E-state index contributed by atoms with van der Waals surface area (Å²) in [5.74, 6) is 0. The molecule has 0 atom stereocenters. The molecule has 0 aromatic heterocycles. The van der Waals surface area contributed by atoms with Gasteiger partial charge in [-0.05, 0) is 26.7 Å². The Hall–Kier alpha value is -0.780. The largest absolute Gasteiger partial charge is 0.0845 e. The Bertz CT molecular complexity index is 192. The van der Waals surface area contributed by atoms with Crippen molar-refractivity contribution in [3.05, 3.63) is 35.5 Å². The summed E-state index contributed by atoms with van der Waals surface area (Å²) >= 11 is 0. The Morgan fingerprint density at radius 1 is 1.00 bits per heavy atom. The standard InChI is InChI=1S/C12H20/c1-5-7-9-12(4)10-11(3)8-6-2/h7-10H,5-6H2,1-4H3/b9-7+,11-8+,12-10+. The van der Waals surface area contributed by atoms with Gasteiger partial charge in [0.05, 0.1) is 0 Å². The summed E-state index contributed by atoms with van der Waals surface area (Å²) in [5.41, 5.74) is 2.69. The van der Waals surface area contributed by atoms with E-state index in [1.165, 1.54) is 11.1 Å². The fourth-order valence-corrected chi connectivity index (χ4v) is 1.09. The molecule has 0 fully saturated rings. The third-order valence-electron chi connectivity index (χ3n) is 1.60. The Morgan fingerprint density at radius 3 is 2.17 bits per heavy atom. The fourth-order valence-electron chi connectivity index (χ4n) is 1.09. The van der Waals surface area contributed by atoms with Crippen molar-refractivity contribution >= 4 is 0 Å². The molecule has 0 unspecified atom stereocenters. The lowest BCUT2D eigenvalue weighted by Gasteiger charge is -1.93. The number of hydrogen-bond acceptors (Lipinski definition) is 0. The zero-order valence-corrected chi connectivity index (χ0v) is 8.72. The van der Waals surface area contributed by atoms with Gasteiger partial charge in [-0.3, -0.25) is 0 Å². The van der Waals surface area contributed by atoms with E-state index in [0.29, 0.717) is 0 Å². The smallest absolute Gasteiger partial charge is 0.0374 e. The van der Waals surface area contributed by atoms with Crippen LogP contribution in [0.1, 0.15) is 40.5 Å². The van der Waals surface area contributed by atoms with Crippen molar-refractivity contribution < 1.29 is 0 Å². The van der Waals surface area contributed by atoms with E-state index in [9.17, 15) is 0 Å². The van der Waals surface area contributed by atoms with Gasteiger partial charge in [-0.1, -0.05) is 49.3 Å². The second-order valence-corrected chi connectivity index (χ2v) is 3.06. The van der Waals surface area contributed by atoms with Crippen molar-refractivity contribution in [2.75, 3.05) is 0 Å². The van der Waals surface area contributed by atoms with E-state index in [1.807, 2.05) is 0 Å². The zero-order chi connectivity index (χ0) is 9.40. The fraction of sp³-hybridized carbons (Fsp3) is 0.500. The summed E-state index contributed by atoms with van der Waals surface area (Å²) in [6.07, 6.45) is 11.0. The van der Waals surface area contributed by atoms with Gasteiger partial charge in [0, 0.05) is 0 Å². The van der Waals surface area contributed by atoms with Gasteiger partial charge in [0.2, 0.25) is 0 Å². The minimum atomic E-state index is 1.11. The van der Waals surface area contributed by atoms with Crippen LogP contribution < -0.4 is 0 Å². The maximum absolute atomic E-state index is 2.24. The zero-order valence-electron chi connectivity index (χ0n) is 8.72. The quantitative estimate of drug-likeness (QED) is 0.545. The molecule has 0 spiro atoms. The van der Waals surface area contributed by atoms with Crippen molar-refractivity contribution in [2.45, 2.75) is 40.5 Å². The number of rotatable bonds is 4. The number of allylic oxidation sites excluding steroid dienone is 6. The molecule has 0 aliphatic carbocycles. The Kier molecular flexibility index (Phi) is 6.45. The Labute approximate surface area is 76.7 Å². The molecule has 0 nitrogen and oxygen atoms in total. The third kappa shape index (κ3) is 5.96. The van der Waals surface area contributed by atoms with Crippen LogP contribution >= 0.6 is 0 Å². The Balaban J connectivity index is 4.15. The van der Waals surface area contributed by atoms with E-state index in [-0.39, 0.29) is 0 Å². The molecule has 0 N–H and O–H groups in total. The highest BCUT2D eigenvalue weighted by Gasteiger charge is 1.83. The summed E-state index contributed by atoms with van der Waals surface area (Å²) in [6, 6.07) is 0. The topological polar surface area (TPSA) is 0 Å². The SMILES string of the molecule is CC/C=C/C(C)=C/C(C)=C/CC. The van der Waals surface area contributed by atoms with Gasteiger partial charge >= 0.3 is 0 Å². The first-order valence-corrected chi connectivity index (χ1v) is 4.72. The van der Waals surface area contributed by atoms with E-state index >= 15 is 0 Å². The molecular weight excluding hydrogens is 144 g/mol. The first kappa shape index (κ1) is 11.2. The highest BCUT2D eigenvalue weighted by molar-refractivity contribution is 5.27. The van der Waals surface area contributed by atoms with Crippen LogP contribution in [-0.2, 0) is 0 Å². The minimum Gasteiger partial charge on any atom is -0.0845 e. The summed E-state index contributed by atoms with van der Waals surface area (Å²) in [6.45, 7) is 8.60. The highest BCUT2D eigenvalue weighted by atomic mass is 13.9. The van der Waals surface area contributed by atoms with Crippen molar-refractivity contribution in [3.8, 4) is 0 Å². The summed E-state index contributed by atoms with van der Waals surface area (Å²) < 4.78 is 0. The van der Waals surface area contributed by atoms with Gasteiger partial charge in [0.25, 0.3) is 0 Å². The van der Waals surface area contributed by atoms with Crippen molar-refractivity contribution in [1.82, 2.24) is 0 Å². The summed E-state index contributed by atoms with van der Waals surface area (Å²) in [4.78, 5) is 0. The van der Waals surface area contributed by atoms with Crippen LogP contribution in [0, 0.1) is 0 Å². The van der Waals surface area contributed by atoms with Gasteiger partial charge in [-0.15, -0.1) is 0 Å². The molecule has 0 heterocycles. The van der Waals surface area contributed by atoms with Crippen molar-refractivity contribution in [3.63, 3.8) is 0 Å². The molecule has 12 heavy (non-hydrogen) atoms. The van der Waals surface area contributed by atoms with E-state index in [4.69, 9.17) is 0 Å². The molecule has 0 aliphatic rings. The molecule has 0 amide bonds. The van der Waals surface area contributed by atoms with Gasteiger partial charge in [0.15, 0.2) is 0 Å². The lowest BCUT2D eigenvalue weighted by atomic mass is 10.1. The second-order valence-electron chi connectivity index (χ2n) is 3.06. The lowest BCUT2D eigenvalue weighted by molar-refractivity contribution is 1.19. The number of hydrogen-bond donors (Lipinski definition) is 0. The minimum absolute atomic E-state index is 1.11. The predicted molar refractivity (Wildman–Crippen MR) is 57.2 cm³/mol. The van der Waals surface area contributed by atoms with E-state index < -0.39 is 0 Å². The average Bonchev–Trinajstić information content (AvgIpc) is 2.01. The van der Waals surface area contributed by atoms with Crippen LogP contribution in [-0.4, -0.2) is 0 Å². The van der Waals surface area contributed by atoms with Crippen molar-refractivity contribution in [2.24, 2.45) is 0 Å². The van der Waals surface area contributed by atoms with Gasteiger partial charge in [-0.25, -0.2) is 0 Å². The normalized spacial score (nSPS) is 14.3. The van der Waals surface area contributed by atoms with E-state index in [1.54, 1.807) is 0 Å². The molecule has 0 radical (unpaired) electrons. The van der Waals surface area contributed by atoms with Crippen molar-refractivity contribution in [1.29, 1.82) is 0 Å². The maximum atomic E-state index is 2.24. The molecule has 0 bridgehead atoms. The summed E-state index contributed by atoms with van der Waals surface area (Å²) in [7, 11) is 0. The highest BCUT2D eigenvalue weighted by Crippen LogP contribution is 2.04. The van der Waals surface area contributed by atoms with Crippen LogP contribution in [0.4, 0.5) is 0 Å². The van der Waals surface area contributed by atoms with E-state index in [0.717, 1.165) is 12.8 Å². The molecule has 0 aromatic rings. The first-order chi connectivity index (χ1) is 5.70. The maximum Gasteiger partial charge on any atom is -0.0374 e. The summed E-state index contributed by atoms with van der Waals surface area (Å²) in [5, 5.41) is 0. The lowest BCUT2D eigenvalue weighted by Crippen LogP contribution is -1.72. The monoisotopic (exact) mass is 164 g/mol. The van der Waals surface area contributed by atoms with Crippen LogP contribution in [0.3, 0.4) is 0 Å². The molecule has 0 rings (SSSR count). The predicted octanol–water partition coefficient (Wildman–Crippen LogP) is 4.26.